The minimum atomic E-state index is -4.27. The normalized spacial score (nSPS) is 13.0. The van der Waals surface area contributed by atoms with Gasteiger partial charge in [0.25, 0.3) is 0 Å². The maximum absolute atomic E-state index is 11.8. The number of benzene rings is 2. The lowest BCUT2D eigenvalue weighted by atomic mass is 10.1. The molecule has 0 amide bonds. The molecule has 5 heteroatoms. The average molecular weight is 333 g/mol. The first-order chi connectivity index (χ1) is 10.9. The van der Waals surface area contributed by atoms with Crippen LogP contribution in [0.5, 0.6) is 0 Å². The Morgan fingerprint density at radius 2 is 1.74 bits per heavy atom. The molecule has 0 unspecified atom stereocenters. The highest BCUT2D eigenvalue weighted by molar-refractivity contribution is 7.52. The smallest absolute Gasteiger partial charge is 0.323 e. The van der Waals surface area contributed by atoms with Crippen LogP contribution in [0.2, 0.25) is 0 Å². The van der Waals surface area contributed by atoms with Gasteiger partial charge in [-0.05, 0) is 42.0 Å². The molecule has 4 nitrogen and oxygen atoms in total. The van der Waals surface area contributed by atoms with Gasteiger partial charge in [0.2, 0.25) is 0 Å². The Hall–Kier alpha value is -1.45. The molecule has 0 aromatic heterocycles. The molecule has 124 valence electrons. The first-order valence-electron chi connectivity index (χ1n) is 7.83. The van der Waals surface area contributed by atoms with Gasteiger partial charge in [-0.2, -0.15) is 0 Å². The number of hydrogen-bond acceptors (Lipinski definition) is 2. The molecule has 0 saturated heterocycles. The Kier molecular flexibility index (Phi) is 6.14. The van der Waals surface area contributed by atoms with Gasteiger partial charge in [-0.25, -0.2) is 0 Å². The van der Waals surface area contributed by atoms with Crippen molar-refractivity contribution < 1.29 is 14.4 Å². The summed E-state index contributed by atoms with van der Waals surface area (Å²) in [6.07, 6.45) is 1.64. The lowest BCUT2D eigenvalue weighted by molar-refractivity contribution is 0.348. The van der Waals surface area contributed by atoms with Gasteiger partial charge in [0, 0.05) is 6.54 Å². The van der Waals surface area contributed by atoms with Gasteiger partial charge < -0.3 is 9.79 Å². The fourth-order valence-corrected chi connectivity index (χ4v) is 3.53. The summed E-state index contributed by atoms with van der Waals surface area (Å²) in [5, 5.41) is 3.03. The highest BCUT2D eigenvalue weighted by atomic mass is 31.2. The zero-order valence-electron chi connectivity index (χ0n) is 13.6. The summed E-state index contributed by atoms with van der Waals surface area (Å²) in [6, 6.07) is 15.5. The van der Waals surface area contributed by atoms with E-state index in [0.29, 0.717) is 12.1 Å². The summed E-state index contributed by atoms with van der Waals surface area (Å²) in [6.45, 7) is 4.60. The van der Waals surface area contributed by atoms with Crippen molar-refractivity contribution in [3.8, 4) is 0 Å². The van der Waals surface area contributed by atoms with Crippen LogP contribution in [-0.2, 0) is 17.4 Å². The predicted octanol–water partition coefficient (Wildman–Crippen LogP) is 3.57. The van der Waals surface area contributed by atoms with Crippen LogP contribution in [-0.4, -0.2) is 16.3 Å². The maximum Gasteiger partial charge on any atom is 0.346 e. The highest BCUT2D eigenvalue weighted by Gasteiger charge is 2.29. The zero-order valence-corrected chi connectivity index (χ0v) is 14.5. The van der Waals surface area contributed by atoms with E-state index in [1.54, 1.807) is 12.1 Å². The van der Waals surface area contributed by atoms with Crippen LogP contribution >= 0.6 is 7.60 Å². The maximum atomic E-state index is 11.8. The third kappa shape index (κ3) is 5.02. The standard InChI is InChI=1S/C18H24NO3P/c1-3-15-8-10-17(11-9-15)18(23(20,21)22)19-13-12-16-7-5-4-6-14(16)2/h4-11,18-19H,3,12-13H2,1-2H3,(H2,20,21,22)/t18-/m0/s1. The van der Waals surface area contributed by atoms with Gasteiger partial charge in [-0.3, -0.25) is 9.88 Å². The van der Waals surface area contributed by atoms with Gasteiger partial charge >= 0.3 is 7.60 Å². The van der Waals surface area contributed by atoms with Crippen LogP contribution in [0.25, 0.3) is 0 Å². The van der Waals surface area contributed by atoms with E-state index in [-0.39, 0.29) is 0 Å². The first kappa shape index (κ1) is 17.9. The van der Waals surface area contributed by atoms with E-state index in [2.05, 4.69) is 12.2 Å². The van der Waals surface area contributed by atoms with Crippen molar-refractivity contribution in [1.29, 1.82) is 0 Å². The zero-order chi connectivity index (χ0) is 16.9. The number of nitrogens with one attached hydrogen (secondary N) is 1. The van der Waals surface area contributed by atoms with E-state index >= 15 is 0 Å². The summed E-state index contributed by atoms with van der Waals surface area (Å²) in [5.41, 5.74) is 4.15. The molecular weight excluding hydrogens is 309 g/mol. The minimum Gasteiger partial charge on any atom is -0.323 e. The third-order valence-electron chi connectivity index (χ3n) is 4.03. The van der Waals surface area contributed by atoms with Gasteiger partial charge in [0.15, 0.2) is 0 Å². The van der Waals surface area contributed by atoms with E-state index < -0.39 is 13.4 Å². The summed E-state index contributed by atoms with van der Waals surface area (Å²) in [4.78, 5) is 19.3. The van der Waals surface area contributed by atoms with Gasteiger partial charge in [-0.15, -0.1) is 0 Å². The monoisotopic (exact) mass is 333 g/mol. The molecule has 0 aliphatic carbocycles. The molecule has 0 aliphatic heterocycles. The molecule has 0 fully saturated rings. The number of hydrogen-bond donors (Lipinski definition) is 3. The number of rotatable bonds is 7. The molecule has 2 aromatic carbocycles. The van der Waals surface area contributed by atoms with Crippen LogP contribution in [0.15, 0.2) is 48.5 Å². The van der Waals surface area contributed by atoms with Crippen LogP contribution in [0, 0.1) is 6.92 Å². The Balaban J connectivity index is 2.07. The van der Waals surface area contributed by atoms with Crippen molar-refractivity contribution in [2.75, 3.05) is 6.54 Å². The van der Waals surface area contributed by atoms with E-state index in [0.717, 1.165) is 18.4 Å². The lowest BCUT2D eigenvalue weighted by Crippen LogP contribution is -2.24. The van der Waals surface area contributed by atoms with E-state index in [1.165, 1.54) is 11.1 Å². The van der Waals surface area contributed by atoms with E-state index in [9.17, 15) is 14.4 Å². The van der Waals surface area contributed by atoms with Gasteiger partial charge in [-0.1, -0.05) is 55.5 Å². The van der Waals surface area contributed by atoms with Crippen LogP contribution < -0.4 is 5.32 Å². The van der Waals surface area contributed by atoms with Crippen LogP contribution in [0.4, 0.5) is 0 Å². The van der Waals surface area contributed by atoms with Crippen molar-refractivity contribution >= 4 is 7.60 Å². The van der Waals surface area contributed by atoms with Crippen molar-refractivity contribution in [2.24, 2.45) is 0 Å². The summed E-state index contributed by atoms with van der Waals surface area (Å²) >= 11 is 0. The fraction of sp³-hybridized carbons (Fsp3) is 0.333. The lowest BCUT2D eigenvalue weighted by Gasteiger charge is -2.21. The first-order valence-corrected chi connectivity index (χ1v) is 9.52. The largest absolute Gasteiger partial charge is 0.346 e. The van der Waals surface area contributed by atoms with Crippen molar-refractivity contribution in [3.05, 3.63) is 70.8 Å². The van der Waals surface area contributed by atoms with Crippen molar-refractivity contribution in [3.63, 3.8) is 0 Å². The Labute approximate surface area is 137 Å². The topological polar surface area (TPSA) is 69.6 Å². The third-order valence-corrected chi connectivity index (χ3v) is 5.19. The Bertz CT molecular complexity index is 679. The SMILES string of the molecule is CCc1ccc([C@@H](NCCc2ccccc2C)P(=O)(O)O)cc1. The number of aryl methyl sites for hydroxylation is 2. The van der Waals surface area contributed by atoms with Gasteiger partial charge in [0.1, 0.15) is 5.78 Å². The fourth-order valence-electron chi connectivity index (χ4n) is 2.60. The molecular formula is C18H24NO3P. The summed E-state index contributed by atoms with van der Waals surface area (Å²) < 4.78 is 11.8. The molecule has 0 spiro atoms. The predicted molar refractivity (Wildman–Crippen MR) is 93.5 cm³/mol. The van der Waals surface area contributed by atoms with E-state index in [1.807, 2.05) is 43.3 Å². The quantitative estimate of drug-likeness (QED) is 0.678. The molecule has 0 heterocycles. The molecule has 3 N–H and O–H groups in total. The van der Waals surface area contributed by atoms with E-state index in [4.69, 9.17) is 0 Å². The molecule has 0 aliphatic rings. The Morgan fingerprint density at radius 3 is 2.30 bits per heavy atom. The highest BCUT2D eigenvalue weighted by Crippen LogP contribution is 2.49. The second-order valence-corrected chi connectivity index (χ2v) is 7.41. The summed E-state index contributed by atoms with van der Waals surface area (Å²) in [7, 11) is -4.27. The second kappa shape index (κ2) is 7.89. The molecule has 2 rings (SSSR count). The van der Waals surface area contributed by atoms with Gasteiger partial charge in [0.05, 0.1) is 0 Å². The average Bonchev–Trinajstić information content (AvgIpc) is 2.52. The molecule has 1 atom stereocenters. The minimum absolute atomic E-state index is 0.510. The van der Waals surface area contributed by atoms with Crippen LogP contribution in [0.1, 0.15) is 35.0 Å². The molecule has 0 saturated carbocycles. The molecule has 0 bridgehead atoms. The van der Waals surface area contributed by atoms with Crippen molar-refractivity contribution in [2.45, 2.75) is 32.5 Å². The van der Waals surface area contributed by atoms with Crippen LogP contribution in [0.3, 0.4) is 0 Å². The molecule has 2 aromatic rings. The van der Waals surface area contributed by atoms with Crippen molar-refractivity contribution in [1.82, 2.24) is 5.32 Å². The second-order valence-electron chi connectivity index (χ2n) is 5.72. The molecule has 23 heavy (non-hydrogen) atoms. The molecule has 0 radical (unpaired) electrons. The Morgan fingerprint density at radius 1 is 1.09 bits per heavy atom. The summed E-state index contributed by atoms with van der Waals surface area (Å²) in [5.74, 6) is -0.961.